The molecule has 7 heteroatoms. The topological polar surface area (TPSA) is 63.1 Å². The second-order valence-electron chi connectivity index (χ2n) is 9.45. The molecular weight excluding hydrogens is 469 g/mol. The van der Waals surface area contributed by atoms with Gasteiger partial charge >= 0.3 is 0 Å². The van der Waals surface area contributed by atoms with Crippen molar-refractivity contribution in [3.63, 3.8) is 0 Å². The molecule has 1 aliphatic rings. The fraction of sp³-hybridized carbons (Fsp3) is 0.267. The van der Waals surface area contributed by atoms with Gasteiger partial charge in [0.2, 0.25) is 5.91 Å². The highest BCUT2D eigenvalue weighted by Gasteiger charge is 2.31. The SMILES string of the molecule is CC(C)[NH+](CCCNC(=O)CN1C(=O)C(=Cc2cccc(F)c2)Oc2ccccc21)Cc1ccccc1. The molecule has 2 N–H and O–H groups in total. The summed E-state index contributed by atoms with van der Waals surface area (Å²) in [5.74, 6) is -0.597. The molecule has 0 aromatic heterocycles. The minimum Gasteiger partial charge on any atom is -0.449 e. The molecule has 6 nitrogen and oxygen atoms in total. The zero-order valence-electron chi connectivity index (χ0n) is 21.2. The van der Waals surface area contributed by atoms with Gasteiger partial charge in [-0.25, -0.2) is 4.39 Å². The molecule has 0 saturated carbocycles. The number of benzene rings is 3. The molecule has 0 fully saturated rings. The summed E-state index contributed by atoms with van der Waals surface area (Å²) in [6.45, 7) is 6.65. The quantitative estimate of drug-likeness (QED) is 0.329. The van der Waals surface area contributed by atoms with E-state index in [0.717, 1.165) is 19.5 Å². The van der Waals surface area contributed by atoms with E-state index in [1.165, 1.54) is 33.6 Å². The van der Waals surface area contributed by atoms with Crippen LogP contribution in [-0.4, -0.2) is 37.5 Å². The number of fused-ring (bicyclic) bond motifs is 1. The minimum atomic E-state index is -0.448. The lowest BCUT2D eigenvalue weighted by Gasteiger charge is -2.30. The Morgan fingerprint density at radius 2 is 1.81 bits per heavy atom. The molecular formula is C30H33FN3O3+. The van der Waals surface area contributed by atoms with Crippen LogP contribution in [0.3, 0.4) is 0 Å². The average molecular weight is 503 g/mol. The number of para-hydroxylation sites is 2. The lowest BCUT2D eigenvalue weighted by atomic mass is 10.1. The number of amides is 2. The largest absolute Gasteiger partial charge is 0.449 e. The standard InChI is InChI=1S/C30H32FN3O3/c1-22(2)33(20-23-10-4-3-5-11-23)17-9-16-32-29(35)21-34-26-14-6-7-15-27(26)37-28(30(34)36)19-24-12-8-13-25(31)18-24/h3-8,10-15,18-19,22H,9,16-17,20-21H2,1-2H3,(H,32,35)/p+1. The third-order valence-corrected chi connectivity index (χ3v) is 6.37. The van der Waals surface area contributed by atoms with Crippen molar-refractivity contribution in [2.75, 3.05) is 24.5 Å². The predicted octanol–water partition coefficient (Wildman–Crippen LogP) is 3.59. The van der Waals surface area contributed by atoms with E-state index in [2.05, 4.69) is 43.4 Å². The van der Waals surface area contributed by atoms with Crippen LogP contribution < -0.4 is 19.9 Å². The van der Waals surface area contributed by atoms with E-state index in [1.807, 2.05) is 6.07 Å². The number of carbonyl (C=O) groups is 2. The number of rotatable bonds is 10. The van der Waals surface area contributed by atoms with Gasteiger partial charge in [0.15, 0.2) is 11.5 Å². The van der Waals surface area contributed by atoms with E-state index in [9.17, 15) is 14.0 Å². The third-order valence-electron chi connectivity index (χ3n) is 6.37. The Kier molecular flexibility index (Phi) is 8.69. The summed E-state index contributed by atoms with van der Waals surface area (Å²) in [6.07, 6.45) is 2.31. The molecule has 0 spiro atoms. The fourth-order valence-corrected chi connectivity index (χ4v) is 4.35. The second kappa shape index (κ2) is 12.3. The maximum atomic E-state index is 13.6. The Labute approximate surface area is 217 Å². The Morgan fingerprint density at radius 1 is 1.05 bits per heavy atom. The van der Waals surface area contributed by atoms with Crippen molar-refractivity contribution in [3.8, 4) is 5.75 Å². The highest BCUT2D eigenvalue weighted by Crippen LogP contribution is 2.35. The molecule has 3 aromatic rings. The Morgan fingerprint density at radius 3 is 2.57 bits per heavy atom. The van der Waals surface area contributed by atoms with E-state index in [-0.39, 0.29) is 18.2 Å². The number of hydrogen-bond donors (Lipinski definition) is 2. The molecule has 0 radical (unpaired) electrons. The van der Waals surface area contributed by atoms with Crippen LogP contribution in [0, 0.1) is 5.82 Å². The smallest absolute Gasteiger partial charge is 0.294 e. The van der Waals surface area contributed by atoms with Crippen molar-refractivity contribution < 1.29 is 23.6 Å². The number of hydrogen-bond acceptors (Lipinski definition) is 3. The summed E-state index contributed by atoms with van der Waals surface area (Å²) in [5.41, 5.74) is 2.32. The van der Waals surface area contributed by atoms with Crippen molar-refractivity contribution in [2.45, 2.75) is 32.9 Å². The van der Waals surface area contributed by atoms with Crippen LogP contribution in [0.2, 0.25) is 0 Å². The van der Waals surface area contributed by atoms with Crippen molar-refractivity contribution in [1.29, 1.82) is 0 Å². The van der Waals surface area contributed by atoms with Crippen LogP contribution in [0.25, 0.3) is 6.08 Å². The summed E-state index contributed by atoms with van der Waals surface area (Å²) >= 11 is 0. The van der Waals surface area contributed by atoms with Crippen molar-refractivity contribution in [3.05, 3.63) is 102 Å². The number of carbonyl (C=O) groups excluding carboxylic acids is 2. The molecule has 0 bridgehead atoms. The number of anilines is 1. The minimum absolute atomic E-state index is 0.0363. The average Bonchev–Trinajstić information content (AvgIpc) is 2.89. The van der Waals surface area contributed by atoms with Gasteiger partial charge in [-0.05, 0) is 49.8 Å². The molecule has 1 aliphatic heterocycles. The van der Waals surface area contributed by atoms with E-state index in [0.29, 0.717) is 29.6 Å². The van der Waals surface area contributed by atoms with Gasteiger partial charge in [0.05, 0.1) is 18.3 Å². The summed E-state index contributed by atoms with van der Waals surface area (Å²) in [7, 11) is 0. The van der Waals surface area contributed by atoms with Crippen LogP contribution >= 0.6 is 0 Å². The highest BCUT2D eigenvalue weighted by molar-refractivity contribution is 6.12. The van der Waals surface area contributed by atoms with Crippen LogP contribution in [0.1, 0.15) is 31.4 Å². The summed E-state index contributed by atoms with van der Waals surface area (Å²) < 4.78 is 19.4. The zero-order chi connectivity index (χ0) is 26.2. The zero-order valence-corrected chi connectivity index (χ0v) is 21.2. The van der Waals surface area contributed by atoms with Gasteiger partial charge in [-0.3, -0.25) is 14.5 Å². The maximum absolute atomic E-state index is 13.6. The molecule has 1 atom stereocenters. The van der Waals surface area contributed by atoms with E-state index in [4.69, 9.17) is 4.74 Å². The molecule has 192 valence electrons. The Hall–Kier alpha value is -3.97. The maximum Gasteiger partial charge on any atom is 0.294 e. The lowest BCUT2D eigenvalue weighted by Crippen LogP contribution is -3.13. The normalized spacial score (nSPS) is 14.9. The van der Waals surface area contributed by atoms with Gasteiger partial charge in [-0.1, -0.05) is 54.6 Å². The van der Waals surface area contributed by atoms with Crippen molar-refractivity contribution in [1.82, 2.24) is 5.32 Å². The summed E-state index contributed by atoms with van der Waals surface area (Å²) in [6, 6.07) is 23.8. The Balaban J connectivity index is 1.37. The predicted molar refractivity (Wildman–Crippen MR) is 143 cm³/mol. The van der Waals surface area contributed by atoms with Crippen LogP contribution in [-0.2, 0) is 16.1 Å². The van der Waals surface area contributed by atoms with Gasteiger partial charge in [-0.15, -0.1) is 0 Å². The molecule has 1 heterocycles. The van der Waals surface area contributed by atoms with Gasteiger partial charge in [0, 0.05) is 18.5 Å². The highest BCUT2D eigenvalue weighted by atomic mass is 19.1. The van der Waals surface area contributed by atoms with Gasteiger partial charge < -0.3 is 15.0 Å². The van der Waals surface area contributed by atoms with Gasteiger partial charge in [-0.2, -0.15) is 0 Å². The first kappa shape index (κ1) is 26.1. The van der Waals surface area contributed by atoms with E-state index >= 15 is 0 Å². The monoisotopic (exact) mass is 502 g/mol. The van der Waals surface area contributed by atoms with Crippen LogP contribution in [0.4, 0.5) is 10.1 Å². The van der Waals surface area contributed by atoms with Crippen molar-refractivity contribution >= 4 is 23.6 Å². The third kappa shape index (κ3) is 7.05. The number of halogens is 1. The van der Waals surface area contributed by atoms with Gasteiger partial charge in [0.25, 0.3) is 5.91 Å². The van der Waals surface area contributed by atoms with Gasteiger partial charge in [0.1, 0.15) is 18.9 Å². The second-order valence-corrected chi connectivity index (χ2v) is 9.45. The first-order valence-electron chi connectivity index (χ1n) is 12.6. The Bertz CT molecular complexity index is 1260. The molecule has 0 aliphatic carbocycles. The van der Waals surface area contributed by atoms with Crippen LogP contribution in [0.5, 0.6) is 5.75 Å². The number of nitrogens with one attached hydrogen (secondary N) is 2. The number of nitrogens with zero attached hydrogens (tertiary/aromatic N) is 1. The summed E-state index contributed by atoms with van der Waals surface area (Å²) in [5, 5.41) is 2.96. The molecule has 37 heavy (non-hydrogen) atoms. The van der Waals surface area contributed by atoms with Crippen molar-refractivity contribution in [2.24, 2.45) is 0 Å². The lowest BCUT2D eigenvalue weighted by molar-refractivity contribution is -0.935. The fourth-order valence-electron chi connectivity index (χ4n) is 4.35. The molecule has 0 saturated heterocycles. The number of ether oxygens (including phenoxy) is 1. The van der Waals surface area contributed by atoms with E-state index < -0.39 is 11.7 Å². The van der Waals surface area contributed by atoms with Crippen LogP contribution in [0.15, 0.2) is 84.6 Å². The summed E-state index contributed by atoms with van der Waals surface area (Å²) in [4.78, 5) is 28.9. The van der Waals surface area contributed by atoms with E-state index in [1.54, 1.807) is 36.4 Å². The first-order chi connectivity index (χ1) is 17.9. The molecule has 2 amide bonds. The molecule has 4 rings (SSSR count). The molecule has 1 unspecified atom stereocenters. The first-order valence-corrected chi connectivity index (χ1v) is 12.6. The molecule has 3 aromatic carbocycles. The number of quaternary nitrogens is 1.